The second-order valence-electron chi connectivity index (χ2n) is 5.19. The van der Waals surface area contributed by atoms with Crippen LogP contribution < -0.4 is 5.32 Å². The summed E-state index contributed by atoms with van der Waals surface area (Å²) in [6.45, 7) is 4.55. The molecule has 0 aliphatic rings. The third kappa shape index (κ3) is 3.47. The zero-order valence-electron chi connectivity index (χ0n) is 12.3. The summed E-state index contributed by atoms with van der Waals surface area (Å²) in [7, 11) is 0. The Labute approximate surface area is 124 Å². The predicted molar refractivity (Wildman–Crippen MR) is 82.5 cm³/mol. The van der Waals surface area contributed by atoms with Gasteiger partial charge in [-0.05, 0) is 25.0 Å². The van der Waals surface area contributed by atoms with Crippen LogP contribution in [0.2, 0.25) is 0 Å². The summed E-state index contributed by atoms with van der Waals surface area (Å²) in [5.74, 6) is -1.07. The SMILES string of the molecule is CCC(NCc1ccc(O)c(O)c1O)c1ccc(C)cc1. The minimum Gasteiger partial charge on any atom is -0.504 e. The Kier molecular flexibility index (Phi) is 4.70. The second-order valence-corrected chi connectivity index (χ2v) is 5.19. The normalized spacial score (nSPS) is 12.3. The Balaban J connectivity index is 2.10. The van der Waals surface area contributed by atoms with Gasteiger partial charge in [-0.1, -0.05) is 42.8 Å². The molecule has 2 aromatic carbocycles. The summed E-state index contributed by atoms with van der Waals surface area (Å²) in [4.78, 5) is 0. The molecule has 0 aliphatic carbocycles. The molecule has 4 N–H and O–H groups in total. The van der Waals surface area contributed by atoms with Crippen molar-refractivity contribution in [2.24, 2.45) is 0 Å². The zero-order chi connectivity index (χ0) is 15.4. The van der Waals surface area contributed by atoms with Crippen LogP contribution >= 0.6 is 0 Å². The van der Waals surface area contributed by atoms with E-state index < -0.39 is 5.75 Å². The van der Waals surface area contributed by atoms with Crippen LogP contribution in [0.25, 0.3) is 0 Å². The van der Waals surface area contributed by atoms with Crippen molar-refractivity contribution in [3.05, 3.63) is 53.1 Å². The molecule has 0 spiro atoms. The van der Waals surface area contributed by atoms with E-state index in [1.807, 2.05) is 0 Å². The summed E-state index contributed by atoms with van der Waals surface area (Å²) in [5, 5.41) is 32.0. The highest BCUT2D eigenvalue weighted by atomic mass is 16.3. The molecule has 1 atom stereocenters. The van der Waals surface area contributed by atoms with Crippen LogP contribution in [0.3, 0.4) is 0 Å². The van der Waals surface area contributed by atoms with E-state index in [-0.39, 0.29) is 17.5 Å². The molecule has 4 heteroatoms. The highest BCUT2D eigenvalue weighted by Crippen LogP contribution is 2.37. The highest BCUT2D eigenvalue weighted by molar-refractivity contribution is 5.53. The highest BCUT2D eigenvalue weighted by Gasteiger charge is 2.13. The van der Waals surface area contributed by atoms with Crippen molar-refractivity contribution in [3.8, 4) is 17.2 Å². The van der Waals surface area contributed by atoms with Crippen LogP contribution in [-0.4, -0.2) is 15.3 Å². The maximum absolute atomic E-state index is 9.82. The Morgan fingerprint density at radius 2 is 1.62 bits per heavy atom. The molecular weight excluding hydrogens is 266 g/mol. The quantitative estimate of drug-likeness (QED) is 0.636. The van der Waals surface area contributed by atoms with E-state index in [4.69, 9.17) is 0 Å². The van der Waals surface area contributed by atoms with Crippen LogP contribution in [-0.2, 0) is 6.54 Å². The maximum atomic E-state index is 9.82. The molecule has 0 aliphatic heterocycles. The number of hydrogen-bond acceptors (Lipinski definition) is 4. The number of rotatable bonds is 5. The lowest BCUT2D eigenvalue weighted by molar-refractivity contribution is 0.363. The molecule has 2 aromatic rings. The number of phenolic OH excluding ortho intramolecular Hbond substituents is 3. The first kappa shape index (κ1) is 15.2. The predicted octanol–water partition coefficient (Wildman–Crippen LogP) is 3.35. The molecular formula is C17H21NO3. The zero-order valence-corrected chi connectivity index (χ0v) is 12.3. The molecule has 0 heterocycles. The molecule has 0 bridgehead atoms. The lowest BCUT2D eigenvalue weighted by Gasteiger charge is -2.18. The van der Waals surface area contributed by atoms with Crippen molar-refractivity contribution in [3.63, 3.8) is 0 Å². The summed E-state index contributed by atoms with van der Waals surface area (Å²) >= 11 is 0. The molecule has 1 unspecified atom stereocenters. The van der Waals surface area contributed by atoms with Crippen molar-refractivity contribution in [1.29, 1.82) is 0 Å². The lowest BCUT2D eigenvalue weighted by Crippen LogP contribution is -2.20. The van der Waals surface area contributed by atoms with Crippen molar-refractivity contribution < 1.29 is 15.3 Å². The molecule has 0 saturated heterocycles. The number of hydrogen-bond donors (Lipinski definition) is 4. The number of benzene rings is 2. The second kappa shape index (κ2) is 6.50. The van der Waals surface area contributed by atoms with Crippen molar-refractivity contribution >= 4 is 0 Å². The van der Waals surface area contributed by atoms with Crippen LogP contribution in [0, 0.1) is 6.92 Å². The lowest BCUT2D eigenvalue weighted by atomic mass is 10.0. The Morgan fingerprint density at radius 1 is 0.952 bits per heavy atom. The molecule has 0 fully saturated rings. The minimum atomic E-state index is -0.474. The van der Waals surface area contributed by atoms with Gasteiger partial charge in [-0.2, -0.15) is 0 Å². The molecule has 2 rings (SSSR count). The van der Waals surface area contributed by atoms with Crippen LogP contribution in [0.4, 0.5) is 0 Å². The van der Waals surface area contributed by atoms with Gasteiger partial charge in [-0.3, -0.25) is 0 Å². The van der Waals surface area contributed by atoms with Crippen molar-refractivity contribution in [1.82, 2.24) is 5.32 Å². The third-order valence-electron chi connectivity index (χ3n) is 3.64. The van der Waals surface area contributed by atoms with Crippen LogP contribution in [0.15, 0.2) is 36.4 Å². The summed E-state index contributed by atoms with van der Waals surface area (Å²) in [6, 6.07) is 11.5. The monoisotopic (exact) mass is 287 g/mol. The number of aryl methyl sites for hydroxylation is 1. The molecule has 0 radical (unpaired) electrons. The van der Waals surface area contributed by atoms with E-state index in [1.165, 1.54) is 17.2 Å². The first-order valence-corrected chi connectivity index (χ1v) is 7.05. The molecule has 0 saturated carbocycles. The van der Waals surface area contributed by atoms with E-state index in [2.05, 4.69) is 43.4 Å². The number of phenols is 3. The standard InChI is InChI=1S/C17H21NO3/c1-3-14(12-6-4-11(2)5-7-12)18-10-13-8-9-15(19)17(21)16(13)20/h4-9,14,18-21H,3,10H2,1-2H3. The average molecular weight is 287 g/mol. The van der Waals surface area contributed by atoms with E-state index >= 15 is 0 Å². The maximum Gasteiger partial charge on any atom is 0.200 e. The molecule has 21 heavy (non-hydrogen) atoms. The largest absolute Gasteiger partial charge is 0.504 e. The van der Waals surface area contributed by atoms with Crippen molar-refractivity contribution in [2.45, 2.75) is 32.9 Å². The van der Waals surface area contributed by atoms with Gasteiger partial charge in [0.2, 0.25) is 5.75 Å². The van der Waals surface area contributed by atoms with E-state index in [0.29, 0.717) is 12.1 Å². The van der Waals surface area contributed by atoms with Crippen molar-refractivity contribution in [2.75, 3.05) is 0 Å². The summed E-state index contributed by atoms with van der Waals surface area (Å²) in [5.41, 5.74) is 2.95. The molecule has 112 valence electrons. The fourth-order valence-corrected chi connectivity index (χ4v) is 2.28. The summed E-state index contributed by atoms with van der Waals surface area (Å²) < 4.78 is 0. The fourth-order valence-electron chi connectivity index (χ4n) is 2.28. The van der Waals surface area contributed by atoms with Gasteiger partial charge in [-0.15, -0.1) is 0 Å². The first-order chi connectivity index (χ1) is 10.0. The van der Waals surface area contributed by atoms with Gasteiger partial charge in [0.25, 0.3) is 0 Å². The average Bonchev–Trinajstić information content (AvgIpc) is 2.49. The van der Waals surface area contributed by atoms with Crippen LogP contribution in [0.1, 0.15) is 36.1 Å². The van der Waals surface area contributed by atoms with Gasteiger partial charge in [0, 0.05) is 18.2 Å². The van der Waals surface area contributed by atoms with Gasteiger partial charge in [0.1, 0.15) is 0 Å². The summed E-state index contributed by atoms with van der Waals surface area (Å²) in [6.07, 6.45) is 0.911. The number of nitrogens with one attached hydrogen (secondary N) is 1. The van der Waals surface area contributed by atoms with Gasteiger partial charge >= 0.3 is 0 Å². The fraction of sp³-hybridized carbons (Fsp3) is 0.294. The Hall–Kier alpha value is -2.20. The molecule has 4 nitrogen and oxygen atoms in total. The topological polar surface area (TPSA) is 72.7 Å². The van der Waals surface area contributed by atoms with Gasteiger partial charge in [-0.25, -0.2) is 0 Å². The van der Waals surface area contributed by atoms with E-state index in [0.717, 1.165) is 6.42 Å². The molecule has 0 amide bonds. The Bertz CT molecular complexity index is 608. The van der Waals surface area contributed by atoms with Gasteiger partial charge in [0.05, 0.1) is 0 Å². The smallest absolute Gasteiger partial charge is 0.200 e. The van der Waals surface area contributed by atoms with E-state index in [9.17, 15) is 15.3 Å². The first-order valence-electron chi connectivity index (χ1n) is 7.05. The molecule has 0 aromatic heterocycles. The minimum absolute atomic E-state index is 0.168. The number of aromatic hydroxyl groups is 3. The van der Waals surface area contributed by atoms with Crippen LogP contribution in [0.5, 0.6) is 17.2 Å². The Morgan fingerprint density at radius 3 is 2.24 bits per heavy atom. The van der Waals surface area contributed by atoms with Gasteiger partial charge in [0.15, 0.2) is 11.5 Å². The van der Waals surface area contributed by atoms with Gasteiger partial charge < -0.3 is 20.6 Å². The third-order valence-corrected chi connectivity index (χ3v) is 3.64. The van der Waals surface area contributed by atoms with E-state index in [1.54, 1.807) is 6.07 Å².